The molecular weight excluding hydrogens is 276 g/mol. The van der Waals surface area contributed by atoms with E-state index >= 15 is 0 Å². The maximum Gasteiger partial charge on any atom is 0.195 e. The first kappa shape index (κ1) is 14.2. The van der Waals surface area contributed by atoms with Gasteiger partial charge in [-0.05, 0) is 12.1 Å². The highest BCUT2D eigenvalue weighted by Gasteiger charge is 2.22. The van der Waals surface area contributed by atoms with Crippen LogP contribution in [0.1, 0.15) is 0 Å². The van der Waals surface area contributed by atoms with Gasteiger partial charge in [-0.1, -0.05) is 0 Å². The van der Waals surface area contributed by atoms with Gasteiger partial charge in [0.1, 0.15) is 17.3 Å². The number of ether oxygens (including phenoxy) is 2. The molecule has 20 heavy (non-hydrogen) atoms. The largest absolute Gasteiger partial charge is 0.497 e. The van der Waals surface area contributed by atoms with Crippen molar-refractivity contribution in [3.8, 4) is 22.6 Å². The Morgan fingerprint density at radius 2 is 1.50 bits per heavy atom. The van der Waals surface area contributed by atoms with Crippen LogP contribution in [0.5, 0.6) is 11.5 Å². The topological polar surface area (TPSA) is 18.5 Å². The number of benzene rings is 2. The Kier molecular flexibility index (Phi) is 3.83. The maximum absolute atomic E-state index is 13.8. The van der Waals surface area contributed by atoms with Gasteiger partial charge in [-0.3, -0.25) is 0 Å². The molecule has 6 heteroatoms. The van der Waals surface area contributed by atoms with Gasteiger partial charge >= 0.3 is 0 Å². The number of hydrogen-bond acceptors (Lipinski definition) is 2. The molecule has 0 N–H and O–H groups in total. The molecule has 0 aliphatic rings. The first-order valence-corrected chi connectivity index (χ1v) is 5.55. The summed E-state index contributed by atoms with van der Waals surface area (Å²) in [4.78, 5) is 0. The van der Waals surface area contributed by atoms with Crippen LogP contribution in [0.25, 0.3) is 11.1 Å². The molecule has 0 heterocycles. The summed E-state index contributed by atoms with van der Waals surface area (Å²) in [6.45, 7) is 0. The van der Waals surface area contributed by atoms with Crippen LogP contribution in [-0.4, -0.2) is 14.2 Å². The molecule has 2 rings (SSSR count). The first-order chi connectivity index (χ1) is 9.49. The normalized spacial score (nSPS) is 10.5. The third-order valence-electron chi connectivity index (χ3n) is 2.79. The number of rotatable bonds is 3. The average Bonchev–Trinajstić information content (AvgIpc) is 2.45. The van der Waals surface area contributed by atoms with Gasteiger partial charge in [-0.25, -0.2) is 17.6 Å². The highest BCUT2D eigenvalue weighted by atomic mass is 19.2. The smallest absolute Gasteiger partial charge is 0.195 e. The highest BCUT2D eigenvalue weighted by Crippen LogP contribution is 2.37. The minimum atomic E-state index is -1.74. The van der Waals surface area contributed by atoms with Crippen LogP contribution in [0.15, 0.2) is 24.3 Å². The third kappa shape index (κ3) is 2.29. The van der Waals surface area contributed by atoms with Crippen molar-refractivity contribution in [2.75, 3.05) is 14.2 Å². The fraction of sp³-hybridized carbons (Fsp3) is 0.143. The number of halogens is 4. The van der Waals surface area contributed by atoms with Crippen molar-refractivity contribution in [2.45, 2.75) is 0 Å². The molecule has 0 bridgehead atoms. The van der Waals surface area contributed by atoms with Gasteiger partial charge in [0.05, 0.1) is 19.8 Å². The Bertz CT molecular complexity index is 656. The average molecular weight is 286 g/mol. The summed E-state index contributed by atoms with van der Waals surface area (Å²) in [5, 5.41) is 0. The van der Waals surface area contributed by atoms with Gasteiger partial charge in [0.25, 0.3) is 0 Å². The molecule has 0 aliphatic heterocycles. The van der Waals surface area contributed by atoms with Crippen molar-refractivity contribution in [2.24, 2.45) is 0 Å². The number of hydrogen-bond donors (Lipinski definition) is 0. The molecule has 0 unspecified atom stereocenters. The van der Waals surface area contributed by atoms with E-state index in [0.29, 0.717) is 5.75 Å². The molecule has 0 aliphatic carbocycles. The van der Waals surface area contributed by atoms with Gasteiger partial charge in [0.15, 0.2) is 17.5 Å². The molecule has 0 saturated heterocycles. The van der Waals surface area contributed by atoms with E-state index in [1.807, 2.05) is 0 Å². The van der Waals surface area contributed by atoms with Crippen LogP contribution in [0.2, 0.25) is 0 Å². The molecule has 0 radical (unpaired) electrons. The Hall–Kier alpha value is -2.24. The van der Waals surface area contributed by atoms with Crippen LogP contribution in [0, 0.1) is 23.3 Å². The number of methoxy groups -OCH3 is 2. The van der Waals surface area contributed by atoms with E-state index < -0.39 is 28.8 Å². The molecule has 2 aromatic carbocycles. The molecule has 0 spiro atoms. The summed E-state index contributed by atoms with van der Waals surface area (Å²) in [6, 6.07) is 4.40. The van der Waals surface area contributed by atoms with E-state index in [-0.39, 0.29) is 17.4 Å². The van der Waals surface area contributed by atoms with Crippen molar-refractivity contribution in [3.63, 3.8) is 0 Å². The second-order valence-electron chi connectivity index (χ2n) is 3.91. The first-order valence-electron chi connectivity index (χ1n) is 5.55. The predicted molar refractivity (Wildman–Crippen MR) is 64.8 cm³/mol. The SMILES string of the molecule is COc1ccc(-c2c(F)cc(F)c(F)c2F)c(OC)c1. The predicted octanol–water partition coefficient (Wildman–Crippen LogP) is 3.93. The zero-order chi connectivity index (χ0) is 14.9. The van der Waals surface area contributed by atoms with Crippen molar-refractivity contribution in [1.29, 1.82) is 0 Å². The summed E-state index contributed by atoms with van der Waals surface area (Å²) in [5.74, 6) is -5.67. The summed E-state index contributed by atoms with van der Waals surface area (Å²) >= 11 is 0. The Labute approximate surface area is 112 Å². The summed E-state index contributed by atoms with van der Waals surface area (Å²) in [7, 11) is 2.70. The quantitative estimate of drug-likeness (QED) is 0.483. The van der Waals surface area contributed by atoms with E-state index in [9.17, 15) is 17.6 Å². The van der Waals surface area contributed by atoms with Crippen LogP contribution >= 0.6 is 0 Å². The third-order valence-corrected chi connectivity index (χ3v) is 2.79. The molecular formula is C14H10F4O2. The second kappa shape index (κ2) is 5.40. The zero-order valence-corrected chi connectivity index (χ0v) is 10.6. The summed E-state index contributed by atoms with van der Waals surface area (Å²) < 4.78 is 63.6. The fourth-order valence-corrected chi connectivity index (χ4v) is 1.82. The Morgan fingerprint density at radius 3 is 2.10 bits per heavy atom. The lowest BCUT2D eigenvalue weighted by Crippen LogP contribution is -2.00. The lowest BCUT2D eigenvalue weighted by atomic mass is 10.0. The van der Waals surface area contributed by atoms with Crippen molar-refractivity contribution < 1.29 is 27.0 Å². The van der Waals surface area contributed by atoms with Gasteiger partial charge in [-0.2, -0.15) is 0 Å². The minimum absolute atomic E-state index is 0.0396. The van der Waals surface area contributed by atoms with Gasteiger partial charge < -0.3 is 9.47 Å². The van der Waals surface area contributed by atoms with E-state index in [2.05, 4.69) is 0 Å². The maximum atomic E-state index is 13.8. The molecule has 2 nitrogen and oxygen atoms in total. The zero-order valence-electron chi connectivity index (χ0n) is 10.6. The van der Waals surface area contributed by atoms with Crippen LogP contribution in [-0.2, 0) is 0 Å². The lowest BCUT2D eigenvalue weighted by Gasteiger charge is -2.12. The van der Waals surface area contributed by atoms with Crippen LogP contribution in [0.3, 0.4) is 0 Å². The monoisotopic (exact) mass is 286 g/mol. The summed E-state index contributed by atoms with van der Waals surface area (Å²) in [5.41, 5.74) is -0.731. The molecule has 0 aromatic heterocycles. The fourth-order valence-electron chi connectivity index (χ4n) is 1.82. The molecule has 0 atom stereocenters. The van der Waals surface area contributed by atoms with Crippen molar-refractivity contribution in [1.82, 2.24) is 0 Å². The van der Waals surface area contributed by atoms with Gasteiger partial charge in [0, 0.05) is 17.7 Å². The molecule has 0 saturated carbocycles. The van der Waals surface area contributed by atoms with Crippen LogP contribution in [0.4, 0.5) is 17.6 Å². The Morgan fingerprint density at radius 1 is 0.800 bits per heavy atom. The van der Waals surface area contributed by atoms with E-state index in [0.717, 1.165) is 0 Å². The van der Waals surface area contributed by atoms with E-state index in [4.69, 9.17) is 9.47 Å². The molecule has 2 aromatic rings. The van der Waals surface area contributed by atoms with E-state index in [1.165, 1.54) is 32.4 Å². The standard InChI is InChI=1S/C14H10F4O2/c1-19-7-3-4-8(11(5-7)20-2)12-9(15)6-10(16)13(17)14(12)18/h3-6H,1-2H3. The highest BCUT2D eigenvalue weighted by molar-refractivity contribution is 5.72. The lowest BCUT2D eigenvalue weighted by molar-refractivity contribution is 0.394. The molecule has 0 fully saturated rings. The van der Waals surface area contributed by atoms with Crippen LogP contribution < -0.4 is 9.47 Å². The second-order valence-corrected chi connectivity index (χ2v) is 3.91. The van der Waals surface area contributed by atoms with Gasteiger partial charge in [0.2, 0.25) is 0 Å². The van der Waals surface area contributed by atoms with E-state index in [1.54, 1.807) is 0 Å². The minimum Gasteiger partial charge on any atom is -0.497 e. The molecule has 0 amide bonds. The van der Waals surface area contributed by atoms with Crippen molar-refractivity contribution in [3.05, 3.63) is 47.5 Å². The summed E-state index contributed by atoms with van der Waals surface area (Å²) in [6.07, 6.45) is 0. The molecule has 106 valence electrons. The Balaban J connectivity index is 2.71. The van der Waals surface area contributed by atoms with Crippen molar-refractivity contribution >= 4 is 0 Å². The van der Waals surface area contributed by atoms with Gasteiger partial charge in [-0.15, -0.1) is 0 Å².